The Morgan fingerprint density at radius 1 is 1.08 bits per heavy atom. The molecule has 4 heterocycles. The largest absolute Gasteiger partial charge is 0.481 e. The third-order valence-corrected chi connectivity index (χ3v) is 6.31. The first-order chi connectivity index (χ1) is 17.2. The summed E-state index contributed by atoms with van der Waals surface area (Å²) in [5.41, 5.74) is 1.02. The third kappa shape index (κ3) is 4.88. The van der Waals surface area contributed by atoms with Gasteiger partial charge in [0.05, 0.1) is 12.5 Å². The second-order valence-electron chi connectivity index (χ2n) is 8.73. The fourth-order valence-electron chi connectivity index (χ4n) is 4.44. The molecule has 1 aliphatic carbocycles. The average molecular weight is 502 g/mol. The van der Waals surface area contributed by atoms with Gasteiger partial charge in [-0.3, -0.25) is 9.79 Å². The number of anilines is 2. The van der Waals surface area contributed by atoms with E-state index >= 15 is 0 Å². The standard InChI is InChI=1S/C24H22F4N6O2/c25-17-9-14(10-21(35)36)12-30-23(17)34-7-5-33(6-8-34)20-4-1-15(13-29-20)22-31-18-3-2-16(24(26,27)28)11-19(18)32-22/h1-4,9,12-13,19H,5-8,10-11H2,(H,31,32)(H,35,36). The molecule has 3 aliphatic rings. The molecule has 0 aromatic carbocycles. The minimum Gasteiger partial charge on any atom is -0.481 e. The Bertz CT molecular complexity index is 1260. The highest BCUT2D eigenvalue weighted by molar-refractivity contribution is 6.01. The van der Waals surface area contributed by atoms with Crippen LogP contribution in [0.5, 0.6) is 0 Å². The maximum absolute atomic E-state index is 14.5. The van der Waals surface area contributed by atoms with Crippen molar-refractivity contribution in [1.82, 2.24) is 15.3 Å². The molecule has 2 aromatic heterocycles. The molecule has 1 saturated heterocycles. The number of hydrogen-bond donors (Lipinski definition) is 2. The zero-order chi connectivity index (χ0) is 25.4. The fourth-order valence-corrected chi connectivity index (χ4v) is 4.44. The number of nitrogens with zero attached hydrogens (tertiary/aromatic N) is 5. The minimum atomic E-state index is -4.36. The van der Waals surface area contributed by atoms with E-state index in [1.807, 2.05) is 17.0 Å². The highest BCUT2D eigenvalue weighted by Crippen LogP contribution is 2.35. The summed E-state index contributed by atoms with van der Waals surface area (Å²) in [6, 6.07) is 4.26. The fraction of sp³-hybridized carbons (Fsp3) is 0.333. The highest BCUT2D eigenvalue weighted by Gasteiger charge is 2.38. The maximum atomic E-state index is 14.5. The summed E-state index contributed by atoms with van der Waals surface area (Å²) in [6.45, 7) is 2.16. The molecule has 0 amide bonds. The van der Waals surface area contributed by atoms with E-state index < -0.39 is 29.6 Å². The predicted octanol–water partition coefficient (Wildman–Crippen LogP) is 3.06. The number of piperazine rings is 1. The van der Waals surface area contributed by atoms with Crippen LogP contribution in [-0.4, -0.2) is 65.3 Å². The van der Waals surface area contributed by atoms with Crippen LogP contribution in [0.4, 0.5) is 29.2 Å². The van der Waals surface area contributed by atoms with Crippen LogP contribution < -0.4 is 15.1 Å². The SMILES string of the molecule is O=C(O)Cc1cnc(N2CCN(c3ccc(C4=NC5CC(C(F)(F)F)=CC=C5N4)cn3)CC2)c(F)c1. The smallest absolute Gasteiger partial charge is 0.412 e. The number of rotatable bonds is 5. The summed E-state index contributed by atoms with van der Waals surface area (Å²) in [7, 11) is 0. The number of carboxylic acids is 1. The number of pyridine rings is 2. The molecular formula is C24H22F4N6O2. The second kappa shape index (κ2) is 9.25. The minimum absolute atomic E-state index is 0.191. The molecule has 0 radical (unpaired) electrons. The van der Waals surface area contributed by atoms with Crippen LogP contribution in [-0.2, 0) is 11.2 Å². The number of halogens is 4. The van der Waals surface area contributed by atoms with E-state index in [1.165, 1.54) is 18.3 Å². The van der Waals surface area contributed by atoms with Crippen molar-refractivity contribution in [3.63, 3.8) is 0 Å². The lowest BCUT2D eigenvalue weighted by Gasteiger charge is -2.36. The van der Waals surface area contributed by atoms with Crippen molar-refractivity contribution in [3.8, 4) is 0 Å². The molecule has 0 bridgehead atoms. The first-order valence-electron chi connectivity index (χ1n) is 11.3. The van der Waals surface area contributed by atoms with E-state index in [4.69, 9.17) is 5.11 Å². The van der Waals surface area contributed by atoms with Crippen LogP contribution in [0.3, 0.4) is 0 Å². The zero-order valence-corrected chi connectivity index (χ0v) is 19.0. The molecule has 2 N–H and O–H groups in total. The van der Waals surface area contributed by atoms with E-state index in [1.54, 1.807) is 11.1 Å². The second-order valence-corrected chi connectivity index (χ2v) is 8.73. The lowest BCUT2D eigenvalue weighted by Crippen LogP contribution is -2.47. The van der Waals surface area contributed by atoms with Gasteiger partial charge in [-0.25, -0.2) is 14.4 Å². The number of hydrogen-bond acceptors (Lipinski definition) is 7. The molecule has 1 atom stereocenters. The number of aromatic nitrogens is 2. The van der Waals surface area contributed by atoms with Crippen molar-refractivity contribution in [3.05, 3.63) is 71.0 Å². The number of nitrogens with one attached hydrogen (secondary N) is 1. The van der Waals surface area contributed by atoms with Crippen LogP contribution >= 0.6 is 0 Å². The Morgan fingerprint density at radius 3 is 2.47 bits per heavy atom. The number of allylic oxidation sites excluding steroid dienone is 2. The van der Waals surface area contributed by atoms with Gasteiger partial charge in [0, 0.05) is 61.8 Å². The van der Waals surface area contributed by atoms with Gasteiger partial charge in [0.2, 0.25) is 0 Å². The molecule has 2 aliphatic heterocycles. The molecule has 12 heteroatoms. The van der Waals surface area contributed by atoms with Gasteiger partial charge >= 0.3 is 12.1 Å². The van der Waals surface area contributed by atoms with Crippen molar-refractivity contribution < 1.29 is 27.5 Å². The average Bonchev–Trinajstić information content (AvgIpc) is 3.27. The molecule has 8 nitrogen and oxygen atoms in total. The lowest BCUT2D eigenvalue weighted by molar-refractivity contribution is -0.136. The summed E-state index contributed by atoms with van der Waals surface area (Å²) >= 11 is 0. The van der Waals surface area contributed by atoms with Gasteiger partial charge in [0.25, 0.3) is 0 Å². The van der Waals surface area contributed by atoms with E-state index in [0.29, 0.717) is 48.8 Å². The van der Waals surface area contributed by atoms with Gasteiger partial charge in [0.1, 0.15) is 11.7 Å². The van der Waals surface area contributed by atoms with Gasteiger partial charge < -0.3 is 20.2 Å². The number of alkyl halides is 3. The summed E-state index contributed by atoms with van der Waals surface area (Å²) in [6.07, 6.45) is 0.678. The number of carbonyl (C=O) groups is 1. The van der Waals surface area contributed by atoms with Gasteiger partial charge in [-0.05, 0) is 29.8 Å². The van der Waals surface area contributed by atoms with Crippen molar-refractivity contribution >= 4 is 23.4 Å². The Hall–Kier alpha value is -3.96. The normalized spacial score (nSPS) is 19.8. The quantitative estimate of drug-likeness (QED) is 0.607. The first-order valence-corrected chi connectivity index (χ1v) is 11.3. The van der Waals surface area contributed by atoms with Gasteiger partial charge in [0.15, 0.2) is 11.6 Å². The number of amidine groups is 1. The monoisotopic (exact) mass is 502 g/mol. The Kier molecular flexibility index (Phi) is 6.10. The Morgan fingerprint density at radius 2 is 1.83 bits per heavy atom. The van der Waals surface area contributed by atoms with Crippen LogP contribution in [0.15, 0.2) is 59.0 Å². The van der Waals surface area contributed by atoms with E-state index in [0.717, 1.165) is 11.9 Å². The maximum Gasteiger partial charge on any atom is 0.412 e. The van der Waals surface area contributed by atoms with Crippen molar-refractivity contribution in [2.24, 2.45) is 4.99 Å². The van der Waals surface area contributed by atoms with E-state index in [-0.39, 0.29) is 18.7 Å². The number of fused-ring (bicyclic) bond motifs is 1. The highest BCUT2D eigenvalue weighted by atomic mass is 19.4. The molecular weight excluding hydrogens is 480 g/mol. The predicted molar refractivity (Wildman–Crippen MR) is 124 cm³/mol. The molecule has 1 unspecified atom stereocenters. The molecule has 36 heavy (non-hydrogen) atoms. The number of carboxylic acid groups (broad SMARTS) is 1. The first kappa shape index (κ1) is 23.8. The van der Waals surface area contributed by atoms with Gasteiger partial charge in [-0.2, -0.15) is 13.2 Å². The van der Waals surface area contributed by atoms with Gasteiger partial charge in [-0.1, -0.05) is 6.08 Å². The molecule has 0 saturated carbocycles. The Labute approximate surface area is 203 Å². The summed E-state index contributed by atoms with van der Waals surface area (Å²) in [5, 5.41) is 11.9. The summed E-state index contributed by atoms with van der Waals surface area (Å²) < 4.78 is 53.5. The molecule has 1 fully saturated rings. The summed E-state index contributed by atoms with van der Waals surface area (Å²) in [5.74, 6) is -0.200. The van der Waals surface area contributed by atoms with E-state index in [2.05, 4.69) is 20.3 Å². The molecule has 0 spiro atoms. The van der Waals surface area contributed by atoms with Crippen LogP contribution in [0.25, 0.3) is 0 Å². The molecule has 5 rings (SSSR count). The molecule has 188 valence electrons. The number of aliphatic imine (C=N–C) groups is 1. The van der Waals surface area contributed by atoms with Crippen molar-refractivity contribution in [1.29, 1.82) is 0 Å². The van der Waals surface area contributed by atoms with Crippen LogP contribution in [0.2, 0.25) is 0 Å². The zero-order valence-electron chi connectivity index (χ0n) is 19.0. The third-order valence-electron chi connectivity index (χ3n) is 6.31. The topological polar surface area (TPSA) is 94.0 Å². The van der Waals surface area contributed by atoms with E-state index in [9.17, 15) is 22.4 Å². The Balaban J connectivity index is 1.20. The van der Waals surface area contributed by atoms with Gasteiger partial charge in [-0.15, -0.1) is 0 Å². The number of aliphatic carboxylic acids is 1. The lowest BCUT2D eigenvalue weighted by atomic mass is 9.98. The van der Waals surface area contributed by atoms with Crippen molar-refractivity contribution in [2.75, 3.05) is 36.0 Å². The summed E-state index contributed by atoms with van der Waals surface area (Å²) in [4.78, 5) is 27.7. The van der Waals surface area contributed by atoms with Crippen LogP contribution in [0, 0.1) is 5.82 Å². The van der Waals surface area contributed by atoms with Crippen LogP contribution in [0.1, 0.15) is 17.5 Å². The van der Waals surface area contributed by atoms with Crippen molar-refractivity contribution in [2.45, 2.75) is 25.1 Å². The molecule has 2 aromatic rings.